The normalized spacial score (nSPS) is 13.4. The van der Waals surface area contributed by atoms with Gasteiger partial charge in [-0.1, -0.05) is 45.4 Å². The molecule has 0 saturated heterocycles. The zero-order chi connectivity index (χ0) is 16.5. The lowest BCUT2D eigenvalue weighted by Crippen LogP contribution is -2.11. The van der Waals surface area contributed by atoms with E-state index in [1.54, 1.807) is 11.3 Å². The van der Waals surface area contributed by atoms with E-state index >= 15 is 0 Å². The minimum Gasteiger partial charge on any atom is -0.317 e. The van der Waals surface area contributed by atoms with Crippen molar-refractivity contribution in [2.24, 2.45) is 0 Å². The summed E-state index contributed by atoms with van der Waals surface area (Å²) in [6.07, 6.45) is 13.5. The molecule has 0 unspecified atom stereocenters. The number of amides is 1. The van der Waals surface area contributed by atoms with Gasteiger partial charge in [0.1, 0.15) is 11.1 Å². The Morgan fingerprint density at radius 2 is 1.83 bits per heavy atom. The third-order valence-electron chi connectivity index (χ3n) is 4.54. The van der Waals surface area contributed by atoms with Gasteiger partial charge in [-0.2, -0.15) is 5.26 Å². The largest absolute Gasteiger partial charge is 0.317 e. The number of unbranched alkanes of at least 4 members (excludes halogenated alkanes) is 6. The summed E-state index contributed by atoms with van der Waals surface area (Å²) >= 11 is 1.61. The Kier molecular flexibility index (Phi) is 7.61. The molecule has 0 aliphatic heterocycles. The average molecular weight is 333 g/mol. The van der Waals surface area contributed by atoms with Crippen molar-refractivity contribution in [2.45, 2.75) is 84.0 Å². The van der Waals surface area contributed by atoms with Gasteiger partial charge in [0, 0.05) is 11.3 Å². The standard InChI is InChI=1S/C19H28N2OS/c1-2-3-4-5-6-7-8-13-18(22)21-19-16(14-20)15-11-9-10-12-17(15)23-19/h2-13H2,1H3,(H,21,22). The smallest absolute Gasteiger partial charge is 0.225 e. The van der Waals surface area contributed by atoms with E-state index in [0.29, 0.717) is 6.42 Å². The quantitative estimate of drug-likeness (QED) is 0.600. The van der Waals surface area contributed by atoms with Gasteiger partial charge in [0.05, 0.1) is 5.56 Å². The van der Waals surface area contributed by atoms with E-state index in [4.69, 9.17) is 0 Å². The first-order valence-corrected chi connectivity index (χ1v) is 9.92. The van der Waals surface area contributed by atoms with Gasteiger partial charge < -0.3 is 5.32 Å². The van der Waals surface area contributed by atoms with Crippen LogP contribution in [0.5, 0.6) is 0 Å². The first kappa shape index (κ1) is 18.0. The monoisotopic (exact) mass is 332 g/mol. The lowest BCUT2D eigenvalue weighted by Gasteiger charge is -2.09. The maximum absolute atomic E-state index is 12.1. The van der Waals surface area contributed by atoms with Crippen molar-refractivity contribution in [1.82, 2.24) is 0 Å². The summed E-state index contributed by atoms with van der Waals surface area (Å²) in [6.45, 7) is 2.22. The highest BCUT2D eigenvalue weighted by molar-refractivity contribution is 7.16. The molecule has 126 valence electrons. The van der Waals surface area contributed by atoms with Crippen LogP contribution in [-0.4, -0.2) is 5.91 Å². The van der Waals surface area contributed by atoms with E-state index in [-0.39, 0.29) is 5.91 Å². The van der Waals surface area contributed by atoms with Crippen molar-refractivity contribution in [1.29, 1.82) is 5.26 Å². The molecule has 0 bridgehead atoms. The Bertz CT molecular complexity index is 556. The number of carbonyl (C=O) groups excluding carboxylic acids is 1. The van der Waals surface area contributed by atoms with Crippen LogP contribution >= 0.6 is 11.3 Å². The fraction of sp³-hybridized carbons (Fsp3) is 0.684. The predicted molar refractivity (Wildman–Crippen MR) is 96.9 cm³/mol. The topological polar surface area (TPSA) is 52.9 Å². The highest BCUT2D eigenvalue weighted by atomic mass is 32.1. The molecule has 1 aromatic rings. The Morgan fingerprint density at radius 1 is 1.13 bits per heavy atom. The molecular formula is C19H28N2OS. The van der Waals surface area contributed by atoms with Crippen LogP contribution in [0.2, 0.25) is 0 Å². The number of thiophene rings is 1. The number of nitriles is 1. The van der Waals surface area contributed by atoms with Crippen LogP contribution in [0.4, 0.5) is 5.00 Å². The SMILES string of the molecule is CCCCCCCCCC(=O)Nc1sc2c(c1C#N)CCCC2. The fourth-order valence-corrected chi connectivity index (χ4v) is 4.46. The molecule has 1 amide bonds. The number of rotatable bonds is 9. The third-order valence-corrected chi connectivity index (χ3v) is 5.75. The van der Waals surface area contributed by atoms with Crippen molar-refractivity contribution in [3.8, 4) is 6.07 Å². The summed E-state index contributed by atoms with van der Waals surface area (Å²) in [6, 6.07) is 2.30. The summed E-state index contributed by atoms with van der Waals surface area (Å²) in [4.78, 5) is 13.4. The molecule has 0 atom stereocenters. The number of fused-ring (bicyclic) bond motifs is 1. The predicted octanol–water partition coefficient (Wildman–Crippen LogP) is 5.58. The van der Waals surface area contributed by atoms with Crippen LogP contribution in [0.15, 0.2) is 0 Å². The second-order valence-corrected chi connectivity index (χ2v) is 7.55. The molecule has 0 spiro atoms. The molecular weight excluding hydrogens is 304 g/mol. The zero-order valence-corrected chi connectivity index (χ0v) is 15.1. The van der Waals surface area contributed by atoms with Crippen LogP contribution in [-0.2, 0) is 17.6 Å². The molecule has 1 aliphatic rings. The molecule has 1 aliphatic carbocycles. The van der Waals surface area contributed by atoms with E-state index in [1.807, 2.05) is 0 Å². The highest BCUT2D eigenvalue weighted by Crippen LogP contribution is 2.37. The first-order chi connectivity index (χ1) is 11.3. The second kappa shape index (κ2) is 9.72. The Hall–Kier alpha value is -1.34. The van der Waals surface area contributed by atoms with Crippen molar-refractivity contribution in [2.75, 3.05) is 5.32 Å². The van der Waals surface area contributed by atoms with E-state index in [2.05, 4.69) is 18.3 Å². The minimum atomic E-state index is 0.0636. The van der Waals surface area contributed by atoms with Crippen LogP contribution in [0.25, 0.3) is 0 Å². The summed E-state index contributed by atoms with van der Waals surface area (Å²) in [5.41, 5.74) is 1.91. The van der Waals surface area contributed by atoms with Gasteiger partial charge in [0.25, 0.3) is 0 Å². The highest BCUT2D eigenvalue weighted by Gasteiger charge is 2.21. The summed E-state index contributed by atoms with van der Waals surface area (Å²) in [7, 11) is 0. The van der Waals surface area contributed by atoms with Gasteiger partial charge in [-0.25, -0.2) is 0 Å². The number of nitrogens with zero attached hydrogens (tertiary/aromatic N) is 1. The maximum Gasteiger partial charge on any atom is 0.225 e. The van der Waals surface area contributed by atoms with Crippen LogP contribution < -0.4 is 5.32 Å². The summed E-state index contributed by atoms with van der Waals surface area (Å²) < 4.78 is 0. The molecule has 1 N–H and O–H groups in total. The van der Waals surface area contributed by atoms with Crippen molar-refractivity contribution < 1.29 is 4.79 Å². The first-order valence-electron chi connectivity index (χ1n) is 9.10. The van der Waals surface area contributed by atoms with Crippen LogP contribution in [0, 0.1) is 11.3 Å². The summed E-state index contributed by atoms with van der Waals surface area (Å²) in [5.74, 6) is 0.0636. The second-order valence-electron chi connectivity index (χ2n) is 6.45. The molecule has 3 nitrogen and oxygen atoms in total. The Morgan fingerprint density at radius 3 is 2.57 bits per heavy atom. The minimum absolute atomic E-state index is 0.0636. The number of hydrogen-bond donors (Lipinski definition) is 1. The third kappa shape index (κ3) is 5.35. The van der Waals surface area contributed by atoms with Gasteiger partial charge in [0.15, 0.2) is 0 Å². The molecule has 1 heterocycles. The van der Waals surface area contributed by atoms with Crippen molar-refractivity contribution in [3.05, 3.63) is 16.0 Å². The molecule has 2 rings (SSSR count). The number of nitrogens with one attached hydrogen (secondary N) is 1. The van der Waals surface area contributed by atoms with E-state index in [1.165, 1.54) is 49.0 Å². The number of anilines is 1. The number of hydrogen-bond acceptors (Lipinski definition) is 3. The molecule has 0 radical (unpaired) electrons. The van der Waals surface area contributed by atoms with E-state index in [9.17, 15) is 10.1 Å². The van der Waals surface area contributed by atoms with Gasteiger partial charge >= 0.3 is 0 Å². The molecule has 0 fully saturated rings. The molecule has 23 heavy (non-hydrogen) atoms. The Balaban J connectivity index is 1.75. The summed E-state index contributed by atoms with van der Waals surface area (Å²) in [5, 5.41) is 13.2. The molecule has 0 saturated carbocycles. The van der Waals surface area contributed by atoms with Crippen LogP contribution in [0.3, 0.4) is 0 Å². The van der Waals surface area contributed by atoms with E-state index < -0.39 is 0 Å². The van der Waals surface area contributed by atoms with Crippen molar-refractivity contribution in [3.63, 3.8) is 0 Å². The van der Waals surface area contributed by atoms with Gasteiger partial charge in [0.2, 0.25) is 5.91 Å². The van der Waals surface area contributed by atoms with Gasteiger partial charge in [-0.3, -0.25) is 4.79 Å². The van der Waals surface area contributed by atoms with Gasteiger partial charge in [-0.15, -0.1) is 11.3 Å². The number of aryl methyl sites for hydroxylation is 1. The lowest BCUT2D eigenvalue weighted by molar-refractivity contribution is -0.116. The number of carbonyl (C=O) groups is 1. The maximum atomic E-state index is 12.1. The molecule has 4 heteroatoms. The van der Waals surface area contributed by atoms with Crippen LogP contribution in [0.1, 0.15) is 87.1 Å². The van der Waals surface area contributed by atoms with E-state index in [0.717, 1.165) is 42.7 Å². The zero-order valence-electron chi connectivity index (χ0n) is 14.2. The molecule has 0 aromatic carbocycles. The van der Waals surface area contributed by atoms with Crippen molar-refractivity contribution >= 4 is 22.2 Å². The molecule has 1 aromatic heterocycles. The average Bonchev–Trinajstić information content (AvgIpc) is 2.90. The lowest BCUT2D eigenvalue weighted by atomic mass is 9.96. The Labute approximate surface area is 144 Å². The van der Waals surface area contributed by atoms with Gasteiger partial charge in [-0.05, 0) is 37.7 Å². The fourth-order valence-electron chi connectivity index (χ4n) is 3.20.